The van der Waals surface area contributed by atoms with Crippen molar-refractivity contribution in [2.75, 3.05) is 49.1 Å². The lowest BCUT2D eigenvalue weighted by Gasteiger charge is -2.51. The molecule has 226 valence electrons. The summed E-state index contributed by atoms with van der Waals surface area (Å²) in [5.74, 6) is 0.0687. The van der Waals surface area contributed by atoms with Crippen molar-refractivity contribution in [3.8, 4) is 11.4 Å². The van der Waals surface area contributed by atoms with E-state index in [1.165, 1.54) is 11.1 Å². The zero-order valence-electron chi connectivity index (χ0n) is 24.9. The predicted octanol–water partition coefficient (Wildman–Crippen LogP) is 4.03. The SMILES string of the molecule is CC1(C)C(c2ccc(C(=O)O)cc2)=CC[C@]2(C)CN(c3ccccc3-c3nnn(CCN4CCS(=O)(=O)CC4)n3)CC=C12. The molecule has 1 N–H and O–H groups in total. The minimum absolute atomic E-state index is 0.0771. The summed E-state index contributed by atoms with van der Waals surface area (Å²) < 4.78 is 23.5. The molecule has 0 radical (unpaired) electrons. The number of sulfone groups is 1. The Morgan fingerprint density at radius 1 is 0.977 bits per heavy atom. The summed E-state index contributed by atoms with van der Waals surface area (Å²) in [5, 5.41) is 22.7. The Morgan fingerprint density at radius 2 is 1.70 bits per heavy atom. The fourth-order valence-electron chi connectivity index (χ4n) is 6.97. The number of nitrogens with zero attached hydrogens (tertiary/aromatic N) is 6. The van der Waals surface area contributed by atoms with Gasteiger partial charge in [0.2, 0.25) is 5.82 Å². The van der Waals surface area contributed by atoms with Gasteiger partial charge in [-0.15, -0.1) is 10.2 Å². The largest absolute Gasteiger partial charge is 0.478 e. The first-order chi connectivity index (χ1) is 20.5. The van der Waals surface area contributed by atoms with Crippen LogP contribution in [0.2, 0.25) is 0 Å². The van der Waals surface area contributed by atoms with Crippen LogP contribution in [0, 0.1) is 10.8 Å². The summed E-state index contributed by atoms with van der Waals surface area (Å²) in [6, 6.07) is 15.4. The molecule has 0 amide bonds. The summed E-state index contributed by atoms with van der Waals surface area (Å²) >= 11 is 0. The van der Waals surface area contributed by atoms with E-state index in [4.69, 9.17) is 5.10 Å². The number of rotatable bonds is 7. The molecule has 0 bridgehead atoms. The van der Waals surface area contributed by atoms with E-state index in [2.05, 4.69) is 59.1 Å². The van der Waals surface area contributed by atoms with Gasteiger partial charge in [0, 0.05) is 54.8 Å². The molecule has 0 unspecified atom stereocenters. The highest BCUT2D eigenvalue weighted by Crippen LogP contribution is 2.55. The average molecular weight is 603 g/mol. The number of fused-ring (bicyclic) bond motifs is 1. The maximum absolute atomic E-state index is 11.7. The van der Waals surface area contributed by atoms with Crippen molar-refractivity contribution in [1.29, 1.82) is 0 Å². The molecule has 6 rings (SSSR count). The van der Waals surface area contributed by atoms with Crippen LogP contribution >= 0.6 is 0 Å². The molecule has 0 saturated carbocycles. The van der Waals surface area contributed by atoms with Crippen LogP contribution in [0.15, 0.2) is 66.3 Å². The third-order valence-electron chi connectivity index (χ3n) is 9.24. The van der Waals surface area contributed by atoms with Crippen molar-refractivity contribution in [2.45, 2.75) is 33.7 Å². The number of carboxylic acid groups (broad SMARTS) is 1. The van der Waals surface area contributed by atoms with Crippen LogP contribution in [0.1, 0.15) is 43.1 Å². The second-order valence-corrected chi connectivity index (χ2v) is 14.9. The Bertz CT molecular complexity index is 1700. The van der Waals surface area contributed by atoms with Gasteiger partial charge < -0.3 is 10.0 Å². The number of hydrogen-bond acceptors (Lipinski definition) is 8. The number of carbonyl (C=O) groups is 1. The fourth-order valence-corrected chi connectivity index (χ4v) is 8.25. The lowest BCUT2D eigenvalue weighted by Crippen LogP contribution is -2.47. The Morgan fingerprint density at radius 3 is 2.42 bits per heavy atom. The summed E-state index contributed by atoms with van der Waals surface area (Å²) in [7, 11) is -2.91. The van der Waals surface area contributed by atoms with Crippen molar-refractivity contribution in [1.82, 2.24) is 25.1 Å². The van der Waals surface area contributed by atoms with E-state index in [0.29, 0.717) is 37.6 Å². The van der Waals surface area contributed by atoms with Gasteiger partial charge in [0.05, 0.1) is 23.6 Å². The molecular weight excluding hydrogens is 564 g/mol. The van der Waals surface area contributed by atoms with Gasteiger partial charge in [-0.3, -0.25) is 4.90 Å². The fraction of sp³-hybridized carbons (Fsp3) is 0.438. The first-order valence-corrected chi connectivity index (χ1v) is 16.6. The molecule has 10 nitrogen and oxygen atoms in total. The molecule has 1 atom stereocenters. The molecule has 1 aliphatic carbocycles. The number of anilines is 1. The molecule has 3 aromatic rings. The van der Waals surface area contributed by atoms with E-state index in [1.54, 1.807) is 16.9 Å². The molecule has 2 aromatic carbocycles. The summed E-state index contributed by atoms with van der Waals surface area (Å²) in [5.41, 5.74) is 5.71. The van der Waals surface area contributed by atoms with Gasteiger partial charge in [-0.25, -0.2) is 13.2 Å². The Hall–Kier alpha value is -3.83. The van der Waals surface area contributed by atoms with E-state index in [0.717, 1.165) is 36.3 Å². The monoisotopic (exact) mass is 602 g/mol. The van der Waals surface area contributed by atoms with Crippen molar-refractivity contribution < 1.29 is 18.3 Å². The maximum atomic E-state index is 11.7. The topological polar surface area (TPSA) is 122 Å². The smallest absolute Gasteiger partial charge is 0.335 e. The zero-order valence-corrected chi connectivity index (χ0v) is 25.7. The molecule has 11 heteroatoms. The number of hydrogen-bond donors (Lipinski definition) is 1. The van der Waals surface area contributed by atoms with Crippen LogP contribution in [0.3, 0.4) is 0 Å². The lowest BCUT2D eigenvalue weighted by atomic mass is 9.58. The third-order valence-corrected chi connectivity index (χ3v) is 10.9. The number of tetrazole rings is 1. The molecule has 1 fully saturated rings. The van der Waals surface area contributed by atoms with Crippen molar-refractivity contribution in [2.24, 2.45) is 10.8 Å². The first kappa shape index (κ1) is 29.3. The number of carboxylic acids is 1. The number of aromatic carboxylic acids is 1. The highest BCUT2D eigenvalue weighted by molar-refractivity contribution is 7.91. The van der Waals surface area contributed by atoms with Crippen LogP contribution in [-0.2, 0) is 16.4 Å². The van der Waals surface area contributed by atoms with Gasteiger partial charge in [-0.05, 0) is 47.0 Å². The minimum atomic E-state index is -2.91. The molecule has 43 heavy (non-hydrogen) atoms. The van der Waals surface area contributed by atoms with Crippen LogP contribution in [0.5, 0.6) is 0 Å². The Balaban J connectivity index is 1.19. The summed E-state index contributed by atoms with van der Waals surface area (Å²) in [6.07, 6.45) is 5.57. The van der Waals surface area contributed by atoms with E-state index < -0.39 is 15.8 Å². The van der Waals surface area contributed by atoms with Crippen LogP contribution in [-0.4, -0.2) is 88.8 Å². The number of aromatic nitrogens is 4. The Labute approximate surface area is 252 Å². The van der Waals surface area contributed by atoms with Gasteiger partial charge in [-0.2, -0.15) is 4.80 Å². The second-order valence-electron chi connectivity index (χ2n) is 12.6. The van der Waals surface area contributed by atoms with Crippen molar-refractivity contribution in [3.05, 3.63) is 77.4 Å². The van der Waals surface area contributed by atoms with Crippen LogP contribution in [0.4, 0.5) is 5.69 Å². The third kappa shape index (κ3) is 5.75. The highest BCUT2D eigenvalue weighted by atomic mass is 32.2. The number of para-hydroxylation sites is 1. The molecule has 1 aromatic heterocycles. The zero-order chi connectivity index (χ0) is 30.4. The van der Waals surface area contributed by atoms with Crippen LogP contribution < -0.4 is 4.90 Å². The van der Waals surface area contributed by atoms with E-state index >= 15 is 0 Å². The predicted molar refractivity (Wildman–Crippen MR) is 167 cm³/mol. The van der Waals surface area contributed by atoms with E-state index in [-0.39, 0.29) is 22.3 Å². The average Bonchev–Trinajstić information content (AvgIpc) is 3.45. The summed E-state index contributed by atoms with van der Waals surface area (Å²) in [6.45, 7) is 10.8. The van der Waals surface area contributed by atoms with E-state index in [9.17, 15) is 18.3 Å². The molecule has 1 saturated heterocycles. The number of benzene rings is 2. The maximum Gasteiger partial charge on any atom is 0.335 e. The normalized spacial score (nSPS) is 23.3. The van der Waals surface area contributed by atoms with E-state index in [1.807, 2.05) is 30.3 Å². The Kier molecular flexibility index (Phi) is 7.50. The van der Waals surface area contributed by atoms with Crippen molar-refractivity contribution in [3.63, 3.8) is 0 Å². The highest BCUT2D eigenvalue weighted by Gasteiger charge is 2.46. The minimum Gasteiger partial charge on any atom is -0.478 e. The molecule has 2 aliphatic heterocycles. The molecule has 0 spiro atoms. The van der Waals surface area contributed by atoms with Gasteiger partial charge in [0.15, 0.2) is 9.84 Å². The quantitative estimate of drug-likeness (QED) is 0.400. The van der Waals surface area contributed by atoms with Gasteiger partial charge in [0.1, 0.15) is 0 Å². The van der Waals surface area contributed by atoms with Gasteiger partial charge >= 0.3 is 5.97 Å². The molecule has 3 aliphatic rings. The molecular formula is C32H38N6O4S. The van der Waals surface area contributed by atoms with Crippen LogP contribution in [0.25, 0.3) is 17.0 Å². The number of allylic oxidation sites excluding steroid dienone is 2. The molecule has 3 heterocycles. The lowest BCUT2D eigenvalue weighted by molar-refractivity contribution is 0.0697. The second kappa shape index (κ2) is 11.0. The standard InChI is InChI=1S/C32H38N6O4S/c1-31(2)26(23-8-10-24(11-9-23)30(39)40)12-14-32(3)22-37(15-13-28(31)32)27-7-5-4-6-25(27)29-33-35-38(34-29)17-16-36-18-20-43(41,42)21-19-36/h4-13H,14-22H2,1-3H3,(H,39,40)/t32-/m1/s1. The van der Waals surface area contributed by atoms with Gasteiger partial charge in [0.25, 0.3) is 0 Å². The summed E-state index contributed by atoms with van der Waals surface area (Å²) in [4.78, 5) is 17.5. The van der Waals surface area contributed by atoms with Gasteiger partial charge in [-0.1, -0.05) is 62.8 Å². The first-order valence-electron chi connectivity index (χ1n) is 14.8. The van der Waals surface area contributed by atoms with Crippen molar-refractivity contribution >= 4 is 27.1 Å².